The SMILES string of the molecule is CCC1CCN(C(=O)c2cccnc2C)C(CN)C1. The Morgan fingerprint density at radius 3 is 3.00 bits per heavy atom. The van der Waals surface area contributed by atoms with Gasteiger partial charge in [0.25, 0.3) is 5.91 Å². The summed E-state index contributed by atoms with van der Waals surface area (Å²) in [7, 11) is 0. The predicted octanol–water partition coefficient (Wildman–Crippen LogP) is 1.98. The van der Waals surface area contributed by atoms with Crippen LogP contribution in [0.1, 0.15) is 42.2 Å². The first-order valence-electron chi connectivity index (χ1n) is 7.10. The van der Waals surface area contributed by atoms with Crippen molar-refractivity contribution < 1.29 is 4.79 Å². The Kier molecular flexibility index (Phi) is 4.53. The lowest BCUT2D eigenvalue weighted by Crippen LogP contribution is -2.49. The van der Waals surface area contributed by atoms with Gasteiger partial charge in [0.15, 0.2) is 0 Å². The molecule has 0 aliphatic carbocycles. The molecule has 0 spiro atoms. The van der Waals surface area contributed by atoms with E-state index in [9.17, 15) is 4.79 Å². The summed E-state index contributed by atoms with van der Waals surface area (Å²) in [6.45, 7) is 5.44. The maximum absolute atomic E-state index is 12.6. The summed E-state index contributed by atoms with van der Waals surface area (Å²) in [4.78, 5) is 18.8. The number of carbonyl (C=O) groups is 1. The van der Waals surface area contributed by atoms with Crippen LogP contribution in [0.25, 0.3) is 0 Å². The summed E-state index contributed by atoms with van der Waals surface area (Å²) in [5, 5.41) is 0. The highest BCUT2D eigenvalue weighted by Gasteiger charge is 2.31. The van der Waals surface area contributed by atoms with Crippen LogP contribution >= 0.6 is 0 Å². The third kappa shape index (κ3) is 2.95. The van der Waals surface area contributed by atoms with Crippen molar-refractivity contribution in [2.45, 2.75) is 39.2 Å². The molecule has 1 aliphatic rings. The van der Waals surface area contributed by atoms with Crippen LogP contribution in [-0.4, -0.2) is 34.9 Å². The molecule has 2 N–H and O–H groups in total. The zero-order valence-corrected chi connectivity index (χ0v) is 11.8. The highest BCUT2D eigenvalue weighted by molar-refractivity contribution is 5.95. The molecule has 1 amide bonds. The highest BCUT2D eigenvalue weighted by atomic mass is 16.2. The molecule has 19 heavy (non-hydrogen) atoms. The highest BCUT2D eigenvalue weighted by Crippen LogP contribution is 2.26. The number of aromatic nitrogens is 1. The van der Waals surface area contributed by atoms with Crippen LogP contribution in [0.15, 0.2) is 18.3 Å². The molecular formula is C15H23N3O. The van der Waals surface area contributed by atoms with Crippen LogP contribution in [0, 0.1) is 12.8 Å². The second kappa shape index (κ2) is 6.15. The fourth-order valence-electron chi connectivity index (χ4n) is 2.86. The summed E-state index contributed by atoms with van der Waals surface area (Å²) >= 11 is 0. The average molecular weight is 261 g/mol. The van der Waals surface area contributed by atoms with Gasteiger partial charge in [0.05, 0.1) is 5.56 Å². The minimum absolute atomic E-state index is 0.0793. The summed E-state index contributed by atoms with van der Waals surface area (Å²) in [5.74, 6) is 0.781. The molecule has 2 atom stereocenters. The van der Waals surface area contributed by atoms with E-state index < -0.39 is 0 Å². The number of hydrogen-bond donors (Lipinski definition) is 1. The maximum Gasteiger partial charge on any atom is 0.255 e. The first kappa shape index (κ1) is 14.0. The van der Waals surface area contributed by atoms with Crippen LogP contribution in [0.2, 0.25) is 0 Å². The number of nitrogens with two attached hydrogens (primary N) is 1. The molecule has 2 heterocycles. The Balaban J connectivity index is 2.17. The number of hydrogen-bond acceptors (Lipinski definition) is 3. The minimum atomic E-state index is 0.0793. The molecule has 1 fully saturated rings. The molecule has 104 valence electrons. The van der Waals surface area contributed by atoms with Gasteiger partial charge in [0.1, 0.15) is 0 Å². The first-order chi connectivity index (χ1) is 9.17. The van der Waals surface area contributed by atoms with Crippen LogP contribution in [0.3, 0.4) is 0 Å². The Morgan fingerprint density at radius 2 is 2.37 bits per heavy atom. The number of pyridine rings is 1. The number of likely N-dealkylation sites (tertiary alicyclic amines) is 1. The van der Waals surface area contributed by atoms with Gasteiger partial charge in [-0.15, -0.1) is 0 Å². The average Bonchev–Trinajstić information content (AvgIpc) is 2.46. The standard InChI is InChI=1S/C15H23N3O/c1-3-12-6-8-18(13(9-12)10-16)15(19)14-5-4-7-17-11(14)2/h4-5,7,12-13H,3,6,8-10,16H2,1-2H3. The van der Waals surface area contributed by atoms with Crippen LogP contribution in [-0.2, 0) is 0 Å². The fraction of sp³-hybridized carbons (Fsp3) is 0.600. The van der Waals surface area contributed by atoms with E-state index in [0.29, 0.717) is 18.0 Å². The smallest absolute Gasteiger partial charge is 0.255 e. The molecule has 0 radical (unpaired) electrons. The van der Waals surface area contributed by atoms with E-state index >= 15 is 0 Å². The Hall–Kier alpha value is -1.42. The van der Waals surface area contributed by atoms with E-state index in [0.717, 1.165) is 25.1 Å². The number of piperidine rings is 1. The van der Waals surface area contributed by atoms with Crippen molar-refractivity contribution in [1.82, 2.24) is 9.88 Å². The van der Waals surface area contributed by atoms with E-state index in [-0.39, 0.29) is 11.9 Å². The molecule has 4 nitrogen and oxygen atoms in total. The second-order valence-corrected chi connectivity index (χ2v) is 5.32. The Bertz CT molecular complexity index is 447. The molecule has 2 unspecified atom stereocenters. The lowest BCUT2D eigenvalue weighted by Gasteiger charge is -2.39. The van der Waals surface area contributed by atoms with Gasteiger partial charge in [-0.25, -0.2) is 0 Å². The minimum Gasteiger partial charge on any atom is -0.334 e. The fourth-order valence-corrected chi connectivity index (χ4v) is 2.86. The van der Waals surface area contributed by atoms with Gasteiger partial charge in [0, 0.05) is 31.0 Å². The van der Waals surface area contributed by atoms with Crippen molar-refractivity contribution in [3.63, 3.8) is 0 Å². The monoisotopic (exact) mass is 261 g/mol. The Morgan fingerprint density at radius 1 is 1.58 bits per heavy atom. The van der Waals surface area contributed by atoms with Gasteiger partial charge in [-0.2, -0.15) is 0 Å². The van der Waals surface area contributed by atoms with Crippen molar-refractivity contribution in [2.24, 2.45) is 11.7 Å². The number of carbonyl (C=O) groups excluding carboxylic acids is 1. The molecule has 2 rings (SSSR count). The molecule has 0 aromatic carbocycles. The number of aryl methyl sites for hydroxylation is 1. The van der Waals surface area contributed by atoms with Crippen molar-refractivity contribution in [2.75, 3.05) is 13.1 Å². The quantitative estimate of drug-likeness (QED) is 0.905. The van der Waals surface area contributed by atoms with Crippen molar-refractivity contribution in [1.29, 1.82) is 0 Å². The Labute approximate surface area is 115 Å². The third-order valence-electron chi connectivity index (χ3n) is 4.17. The predicted molar refractivity (Wildman–Crippen MR) is 75.9 cm³/mol. The second-order valence-electron chi connectivity index (χ2n) is 5.32. The molecule has 1 saturated heterocycles. The number of nitrogens with zero attached hydrogens (tertiary/aromatic N) is 2. The third-order valence-corrected chi connectivity index (χ3v) is 4.17. The molecule has 0 bridgehead atoms. The molecule has 1 aromatic heterocycles. The molecule has 0 saturated carbocycles. The van der Waals surface area contributed by atoms with E-state index in [1.165, 1.54) is 6.42 Å². The summed E-state index contributed by atoms with van der Waals surface area (Å²) in [5.41, 5.74) is 7.35. The molecular weight excluding hydrogens is 238 g/mol. The topological polar surface area (TPSA) is 59.2 Å². The summed E-state index contributed by atoms with van der Waals surface area (Å²) < 4.78 is 0. The number of amides is 1. The van der Waals surface area contributed by atoms with Gasteiger partial charge in [-0.3, -0.25) is 9.78 Å². The largest absolute Gasteiger partial charge is 0.334 e. The lowest BCUT2D eigenvalue weighted by molar-refractivity contribution is 0.0557. The van der Waals surface area contributed by atoms with Crippen molar-refractivity contribution in [3.05, 3.63) is 29.6 Å². The van der Waals surface area contributed by atoms with Gasteiger partial charge in [-0.05, 0) is 37.8 Å². The summed E-state index contributed by atoms with van der Waals surface area (Å²) in [6, 6.07) is 3.84. The maximum atomic E-state index is 12.6. The molecule has 1 aliphatic heterocycles. The van der Waals surface area contributed by atoms with Gasteiger partial charge >= 0.3 is 0 Å². The van der Waals surface area contributed by atoms with Crippen LogP contribution < -0.4 is 5.73 Å². The van der Waals surface area contributed by atoms with E-state index in [1.54, 1.807) is 6.20 Å². The zero-order valence-electron chi connectivity index (χ0n) is 11.8. The number of rotatable bonds is 3. The van der Waals surface area contributed by atoms with Gasteiger partial charge in [0.2, 0.25) is 0 Å². The molecule has 1 aromatic rings. The van der Waals surface area contributed by atoms with Gasteiger partial charge < -0.3 is 10.6 Å². The van der Waals surface area contributed by atoms with Crippen molar-refractivity contribution >= 4 is 5.91 Å². The lowest BCUT2D eigenvalue weighted by atomic mass is 9.88. The van der Waals surface area contributed by atoms with E-state index in [4.69, 9.17) is 5.73 Å². The van der Waals surface area contributed by atoms with Gasteiger partial charge in [-0.1, -0.05) is 13.3 Å². The van der Waals surface area contributed by atoms with Crippen LogP contribution in [0.4, 0.5) is 0 Å². The molecule has 4 heteroatoms. The first-order valence-corrected chi connectivity index (χ1v) is 7.10. The summed E-state index contributed by atoms with van der Waals surface area (Å²) in [6.07, 6.45) is 5.00. The van der Waals surface area contributed by atoms with E-state index in [1.807, 2.05) is 24.0 Å². The van der Waals surface area contributed by atoms with Crippen LogP contribution in [0.5, 0.6) is 0 Å². The van der Waals surface area contributed by atoms with Crippen molar-refractivity contribution in [3.8, 4) is 0 Å². The normalized spacial score (nSPS) is 23.4. The zero-order chi connectivity index (χ0) is 13.8. The van der Waals surface area contributed by atoms with E-state index in [2.05, 4.69) is 11.9 Å².